The molecule has 0 aliphatic heterocycles. The first-order chi connectivity index (χ1) is 35.0. The minimum absolute atomic E-state index is 0.0772. The number of ether oxygens (including phenoxy) is 3. The Kier molecular flexibility index (Phi) is 57.7. The number of hydrogen-bond acceptors (Lipinski definition) is 6. The molecule has 1 unspecified atom stereocenters. The van der Waals surface area contributed by atoms with Crippen LogP contribution >= 0.6 is 0 Å². The van der Waals surface area contributed by atoms with E-state index < -0.39 is 6.10 Å². The average molecular weight is 996 g/mol. The first-order valence-corrected chi connectivity index (χ1v) is 31.1. The van der Waals surface area contributed by atoms with Gasteiger partial charge in [0, 0.05) is 19.3 Å². The molecule has 0 aliphatic carbocycles. The van der Waals surface area contributed by atoms with Crippen LogP contribution in [-0.2, 0) is 28.6 Å². The van der Waals surface area contributed by atoms with Gasteiger partial charge in [-0.15, -0.1) is 0 Å². The SMILES string of the molecule is CCCCC/C=C\CCCCCCCC(=O)OCC(COC(=O)CCCCCCCCCCCCCCC/C=C\C/C=C\CCCCCCC)OC(=O)CCCCCCC/C=C\CCCCCCCCC. The number of unbranched alkanes of at least 4 members (excludes halogenated alkanes) is 38. The molecule has 0 aliphatic rings. The van der Waals surface area contributed by atoms with Crippen LogP contribution in [0.15, 0.2) is 48.6 Å². The van der Waals surface area contributed by atoms with Crippen LogP contribution in [0.25, 0.3) is 0 Å². The van der Waals surface area contributed by atoms with E-state index in [0.29, 0.717) is 19.3 Å². The van der Waals surface area contributed by atoms with Crippen LogP contribution in [0.2, 0.25) is 0 Å². The third kappa shape index (κ3) is 58.1. The molecule has 6 heteroatoms. The van der Waals surface area contributed by atoms with Crippen LogP contribution in [0.5, 0.6) is 0 Å². The molecule has 6 nitrogen and oxygen atoms in total. The highest BCUT2D eigenvalue weighted by Crippen LogP contribution is 2.16. The molecule has 0 aromatic carbocycles. The Labute approximate surface area is 441 Å². The Morgan fingerprint density at radius 1 is 0.282 bits per heavy atom. The zero-order valence-electron chi connectivity index (χ0n) is 47.5. The first-order valence-electron chi connectivity index (χ1n) is 31.1. The maximum Gasteiger partial charge on any atom is 0.306 e. The fraction of sp³-hybridized carbons (Fsp3) is 0.831. The van der Waals surface area contributed by atoms with Crippen LogP contribution in [0.1, 0.15) is 329 Å². The number of allylic oxidation sites excluding steroid dienone is 8. The fourth-order valence-corrected chi connectivity index (χ4v) is 9.05. The molecule has 0 spiro atoms. The molecule has 71 heavy (non-hydrogen) atoms. The molecule has 0 heterocycles. The van der Waals surface area contributed by atoms with Crippen molar-refractivity contribution < 1.29 is 28.6 Å². The summed E-state index contributed by atoms with van der Waals surface area (Å²) in [6.45, 7) is 6.63. The normalized spacial score (nSPS) is 12.3. The Hall–Kier alpha value is -2.63. The van der Waals surface area contributed by atoms with Gasteiger partial charge in [0.1, 0.15) is 13.2 Å². The van der Waals surface area contributed by atoms with Crippen molar-refractivity contribution in [3.8, 4) is 0 Å². The second-order valence-corrected chi connectivity index (χ2v) is 21.0. The number of rotatable bonds is 57. The number of esters is 3. The van der Waals surface area contributed by atoms with Crippen molar-refractivity contribution in [3.05, 3.63) is 48.6 Å². The lowest BCUT2D eigenvalue weighted by atomic mass is 10.0. The summed E-state index contributed by atoms with van der Waals surface area (Å²) in [4.78, 5) is 38.2. The maximum atomic E-state index is 12.9. The van der Waals surface area contributed by atoms with E-state index in [-0.39, 0.29) is 31.1 Å². The Balaban J connectivity index is 4.25. The molecule has 0 amide bonds. The van der Waals surface area contributed by atoms with Crippen LogP contribution < -0.4 is 0 Å². The van der Waals surface area contributed by atoms with E-state index in [1.807, 2.05) is 0 Å². The summed E-state index contributed by atoms with van der Waals surface area (Å²) in [7, 11) is 0. The number of hydrogen-bond donors (Lipinski definition) is 0. The summed E-state index contributed by atoms with van der Waals surface area (Å²) >= 11 is 0. The van der Waals surface area contributed by atoms with E-state index in [1.165, 1.54) is 212 Å². The van der Waals surface area contributed by atoms with E-state index in [0.717, 1.165) is 77.0 Å². The van der Waals surface area contributed by atoms with Crippen LogP contribution in [0, 0.1) is 0 Å². The van der Waals surface area contributed by atoms with Gasteiger partial charge in [0.25, 0.3) is 0 Å². The van der Waals surface area contributed by atoms with Crippen molar-refractivity contribution in [2.24, 2.45) is 0 Å². The van der Waals surface area contributed by atoms with Crippen LogP contribution in [-0.4, -0.2) is 37.2 Å². The molecular formula is C65H118O6. The van der Waals surface area contributed by atoms with E-state index >= 15 is 0 Å². The molecule has 414 valence electrons. The van der Waals surface area contributed by atoms with Crippen molar-refractivity contribution in [1.29, 1.82) is 0 Å². The molecule has 0 radical (unpaired) electrons. The van der Waals surface area contributed by atoms with Gasteiger partial charge in [-0.25, -0.2) is 0 Å². The van der Waals surface area contributed by atoms with Crippen LogP contribution in [0.4, 0.5) is 0 Å². The van der Waals surface area contributed by atoms with Gasteiger partial charge in [-0.05, 0) is 103 Å². The Bertz CT molecular complexity index is 1230. The summed E-state index contributed by atoms with van der Waals surface area (Å²) in [5, 5.41) is 0. The summed E-state index contributed by atoms with van der Waals surface area (Å²) < 4.78 is 16.9. The van der Waals surface area contributed by atoms with E-state index in [9.17, 15) is 14.4 Å². The molecular weight excluding hydrogens is 877 g/mol. The van der Waals surface area contributed by atoms with Gasteiger partial charge >= 0.3 is 17.9 Å². The predicted octanol–water partition coefficient (Wildman–Crippen LogP) is 21.0. The third-order valence-electron chi connectivity index (χ3n) is 13.8. The van der Waals surface area contributed by atoms with Gasteiger partial charge in [0.2, 0.25) is 0 Å². The van der Waals surface area contributed by atoms with Gasteiger partial charge in [-0.1, -0.05) is 256 Å². The minimum Gasteiger partial charge on any atom is -0.462 e. The molecule has 0 aromatic rings. The standard InChI is InChI=1S/C65H118O6/c1-4-7-10-13-16-19-22-25-27-29-30-31-32-33-34-35-36-37-39-40-43-46-49-52-55-58-64(67)70-61-62(60-69-63(66)57-54-51-48-45-42-24-21-18-15-12-9-6-3)71-65(68)59-56-53-50-47-44-41-38-28-26-23-20-17-14-11-8-5-2/h18,21-22,25,28-30,38,62H,4-17,19-20,23-24,26-27,31-37,39-61H2,1-3H3/b21-18-,25-22-,30-29-,38-28-. The van der Waals surface area contributed by atoms with Gasteiger partial charge in [-0.2, -0.15) is 0 Å². The lowest BCUT2D eigenvalue weighted by Crippen LogP contribution is -2.30. The van der Waals surface area contributed by atoms with E-state index in [1.54, 1.807) is 0 Å². The molecule has 0 rings (SSSR count). The molecule has 0 fully saturated rings. The quantitative estimate of drug-likeness (QED) is 0.0261. The monoisotopic (exact) mass is 995 g/mol. The second kappa shape index (κ2) is 59.9. The van der Waals surface area contributed by atoms with E-state index in [4.69, 9.17) is 14.2 Å². The Morgan fingerprint density at radius 2 is 0.507 bits per heavy atom. The number of carbonyl (C=O) groups excluding carboxylic acids is 3. The molecule has 1 atom stereocenters. The van der Waals surface area contributed by atoms with Crippen LogP contribution in [0.3, 0.4) is 0 Å². The molecule has 0 bridgehead atoms. The summed E-state index contributed by atoms with van der Waals surface area (Å²) in [6.07, 6.45) is 74.0. The average Bonchev–Trinajstić information content (AvgIpc) is 3.37. The van der Waals surface area contributed by atoms with E-state index in [2.05, 4.69) is 69.4 Å². The minimum atomic E-state index is -0.780. The number of carbonyl (C=O) groups is 3. The topological polar surface area (TPSA) is 78.9 Å². The van der Waals surface area contributed by atoms with Gasteiger partial charge in [0.15, 0.2) is 6.10 Å². The molecule has 0 saturated carbocycles. The molecule has 0 saturated heterocycles. The molecule has 0 N–H and O–H groups in total. The van der Waals surface area contributed by atoms with Gasteiger partial charge in [0.05, 0.1) is 0 Å². The zero-order chi connectivity index (χ0) is 51.4. The lowest BCUT2D eigenvalue weighted by Gasteiger charge is -2.18. The van der Waals surface area contributed by atoms with Crippen molar-refractivity contribution in [1.82, 2.24) is 0 Å². The summed E-state index contributed by atoms with van der Waals surface area (Å²) in [5.41, 5.74) is 0. The summed E-state index contributed by atoms with van der Waals surface area (Å²) in [5.74, 6) is -0.880. The highest BCUT2D eigenvalue weighted by Gasteiger charge is 2.19. The fourth-order valence-electron chi connectivity index (χ4n) is 9.05. The zero-order valence-corrected chi connectivity index (χ0v) is 47.5. The largest absolute Gasteiger partial charge is 0.462 e. The molecule has 0 aromatic heterocycles. The second-order valence-electron chi connectivity index (χ2n) is 21.0. The first kappa shape index (κ1) is 68.4. The van der Waals surface area contributed by atoms with Crippen molar-refractivity contribution in [2.45, 2.75) is 335 Å². The summed E-state index contributed by atoms with van der Waals surface area (Å²) in [6, 6.07) is 0. The van der Waals surface area contributed by atoms with Gasteiger partial charge < -0.3 is 14.2 Å². The maximum absolute atomic E-state index is 12.9. The lowest BCUT2D eigenvalue weighted by molar-refractivity contribution is -0.167. The smallest absolute Gasteiger partial charge is 0.306 e. The van der Waals surface area contributed by atoms with Crippen molar-refractivity contribution in [2.75, 3.05) is 13.2 Å². The highest BCUT2D eigenvalue weighted by atomic mass is 16.6. The van der Waals surface area contributed by atoms with Gasteiger partial charge in [-0.3, -0.25) is 14.4 Å². The highest BCUT2D eigenvalue weighted by molar-refractivity contribution is 5.71. The predicted molar refractivity (Wildman–Crippen MR) is 307 cm³/mol. The third-order valence-corrected chi connectivity index (χ3v) is 13.8. The van der Waals surface area contributed by atoms with Crippen molar-refractivity contribution >= 4 is 17.9 Å². The van der Waals surface area contributed by atoms with Crippen molar-refractivity contribution in [3.63, 3.8) is 0 Å². The Morgan fingerprint density at radius 3 is 0.817 bits per heavy atom.